The van der Waals surface area contributed by atoms with Crippen LogP contribution in [0.4, 0.5) is 0 Å². The molecule has 0 amide bonds. The number of hydrogen-bond donors (Lipinski definition) is 1. The lowest BCUT2D eigenvalue weighted by molar-refractivity contribution is -0.0367. The van der Waals surface area contributed by atoms with Gasteiger partial charge >= 0.3 is 0 Å². The summed E-state index contributed by atoms with van der Waals surface area (Å²) < 4.78 is 9.22. The van der Waals surface area contributed by atoms with Crippen LogP contribution < -0.4 is 0 Å². The van der Waals surface area contributed by atoms with E-state index >= 15 is 0 Å². The molecule has 26 heavy (non-hydrogen) atoms. The second-order valence-corrected chi connectivity index (χ2v) is 7.02. The molecule has 7 heteroatoms. The van der Waals surface area contributed by atoms with Gasteiger partial charge in [-0.1, -0.05) is 18.2 Å². The van der Waals surface area contributed by atoms with Crippen LogP contribution in [0.5, 0.6) is 5.88 Å². The minimum Gasteiger partial charge on any atom is -0.493 e. The largest absolute Gasteiger partial charge is 0.493 e. The number of aryl methyl sites for hydroxylation is 2. The van der Waals surface area contributed by atoms with Gasteiger partial charge in [0.05, 0.1) is 27.5 Å². The monoisotopic (exact) mass is 372 g/mol. The van der Waals surface area contributed by atoms with Gasteiger partial charge in [-0.25, -0.2) is 9.36 Å². The van der Waals surface area contributed by atoms with Gasteiger partial charge in [-0.15, -0.1) is 0 Å². The number of nitrogens with zero attached hydrogens (tertiary/aromatic N) is 4. The number of ether oxygens (including phenoxy) is 1. The predicted molar refractivity (Wildman–Crippen MR) is 102 cm³/mol. The van der Waals surface area contributed by atoms with Gasteiger partial charge in [0.25, 0.3) is 0 Å². The molecule has 1 N–H and O–H groups in total. The smallest absolute Gasteiger partial charge is 0.217 e. The summed E-state index contributed by atoms with van der Waals surface area (Å²) in [7, 11) is 1.71. The van der Waals surface area contributed by atoms with Crippen molar-refractivity contribution in [1.82, 2.24) is 19.6 Å². The molecule has 1 unspecified atom stereocenters. The summed E-state index contributed by atoms with van der Waals surface area (Å²) in [4.78, 5) is 0. The van der Waals surface area contributed by atoms with Gasteiger partial charge in [0, 0.05) is 19.0 Å². The molecule has 2 aromatic heterocycles. The highest BCUT2D eigenvalue weighted by atomic mass is 35.5. The molecule has 1 aliphatic heterocycles. The second-order valence-electron chi connectivity index (χ2n) is 6.62. The van der Waals surface area contributed by atoms with Crippen LogP contribution in [0.1, 0.15) is 36.9 Å². The van der Waals surface area contributed by atoms with E-state index in [1.165, 1.54) is 4.68 Å². The summed E-state index contributed by atoms with van der Waals surface area (Å²) in [5, 5.41) is 20.8. The van der Waals surface area contributed by atoms with E-state index in [9.17, 15) is 5.11 Å². The summed E-state index contributed by atoms with van der Waals surface area (Å²) in [5.74, 6) is 0.112. The fourth-order valence-corrected chi connectivity index (χ4v) is 3.96. The Balaban J connectivity index is 1.93. The van der Waals surface area contributed by atoms with E-state index in [2.05, 4.69) is 16.8 Å². The number of benzene rings is 1. The van der Waals surface area contributed by atoms with Crippen molar-refractivity contribution < 1.29 is 9.84 Å². The Morgan fingerprint density at radius 1 is 1.35 bits per heavy atom. The van der Waals surface area contributed by atoms with E-state index in [0.29, 0.717) is 10.6 Å². The van der Waals surface area contributed by atoms with Gasteiger partial charge in [-0.05, 0) is 50.0 Å². The van der Waals surface area contributed by atoms with Crippen LogP contribution in [0.25, 0.3) is 28.1 Å². The maximum absolute atomic E-state index is 10.4. The van der Waals surface area contributed by atoms with Crippen molar-refractivity contribution in [2.75, 3.05) is 6.61 Å². The van der Waals surface area contributed by atoms with Crippen molar-refractivity contribution >= 4 is 28.6 Å². The average Bonchev–Trinajstić information content (AvgIpc) is 3.13. The minimum atomic E-state index is -0.114. The molecule has 0 spiro atoms. The standard InChI is InChI=1S/C19H21ClN4O2/c1-4-15-13-9-12(17-11(2)21-23(3)19(17)25)10-14(20)18(13)24(22-15)16-7-5-6-8-26-16/h4,9-10,16,25H,1,5-8H2,2-3H3. The fourth-order valence-electron chi connectivity index (χ4n) is 3.65. The molecule has 1 aromatic carbocycles. The normalized spacial score (nSPS) is 17.7. The molecule has 1 fully saturated rings. The fraction of sp³-hybridized carbons (Fsp3) is 0.368. The number of hydrogen-bond acceptors (Lipinski definition) is 4. The van der Waals surface area contributed by atoms with Crippen LogP contribution in [0.3, 0.4) is 0 Å². The van der Waals surface area contributed by atoms with E-state index < -0.39 is 0 Å². The maximum atomic E-state index is 10.4. The van der Waals surface area contributed by atoms with E-state index in [4.69, 9.17) is 16.3 Å². The molecule has 3 aromatic rings. The van der Waals surface area contributed by atoms with Crippen LogP contribution in [-0.4, -0.2) is 31.3 Å². The predicted octanol–water partition coefficient (Wildman–Crippen LogP) is 4.45. The molecular weight excluding hydrogens is 352 g/mol. The molecular formula is C19H21ClN4O2. The molecule has 6 nitrogen and oxygen atoms in total. The molecule has 136 valence electrons. The Morgan fingerprint density at radius 2 is 2.15 bits per heavy atom. The first kappa shape index (κ1) is 17.1. The number of aromatic nitrogens is 4. The van der Waals surface area contributed by atoms with Gasteiger partial charge in [-0.2, -0.15) is 10.2 Å². The maximum Gasteiger partial charge on any atom is 0.217 e. The van der Waals surface area contributed by atoms with Gasteiger partial charge < -0.3 is 9.84 Å². The summed E-state index contributed by atoms with van der Waals surface area (Å²) >= 11 is 6.66. The Bertz CT molecular complexity index is 999. The van der Waals surface area contributed by atoms with Crippen LogP contribution in [0.15, 0.2) is 18.7 Å². The lowest BCUT2D eigenvalue weighted by Crippen LogP contribution is -2.19. The summed E-state index contributed by atoms with van der Waals surface area (Å²) in [6, 6.07) is 3.83. The third kappa shape index (κ3) is 2.61. The first-order valence-corrected chi connectivity index (χ1v) is 9.07. The van der Waals surface area contributed by atoms with E-state index in [1.54, 1.807) is 13.1 Å². The second kappa shape index (κ2) is 6.45. The number of halogens is 1. The molecule has 1 aliphatic rings. The molecule has 3 heterocycles. The third-order valence-electron chi connectivity index (χ3n) is 4.89. The number of aromatic hydroxyl groups is 1. The van der Waals surface area contributed by atoms with Crippen molar-refractivity contribution in [3.8, 4) is 17.0 Å². The Morgan fingerprint density at radius 3 is 2.77 bits per heavy atom. The third-order valence-corrected chi connectivity index (χ3v) is 5.17. The van der Waals surface area contributed by atoms with Crippen molar-refractivity contribution in [3.63, 3.8) is 0 Å². The van der Waals surface area contributed by atoms with E-state index in [-0.39, 0.29) is 12.1 Å². The number of rotatable bonds is 3. The highest BCUT2D eigenvalue weighted by Gasteiger charge is 2.24. The Hall–Kier alpha value is -2.31. The lowest BCUT2D eigenvalue weighted by atomic mass is 10.0. The zero-order valence-corrected chi connectivity index (χ0v) is 15.6. The van der Waals surface area contributed by atoms with Gasteiger partial charge in [-0.3, -0.25) is 0 Å². The van der Waals surface area contributed by atoms with Crippen molar-refractivity contribution in [1.29, 1.82) is 0 Å². The van der Waals surface area contributed by atoms with E-state index in [1.807, 2.05) is 23.7 Å². The first-order chi connectivity index (χ1) is 12.5. The topological polar surface area (TPSA) is 65.1 Å². The Labute approximate surface area is 156 Å². The first-order valence-electron chi connectivity index (χ1n) is 8.70. The molecule has 0 radical (unpaired) electrons. The molecule has 0 bridgehead atoms. The lowest BCUT2D eigenvalue weighted by Gasteiger charge is -2.23. The summed E-state index contributed by atoms with van der Waals surface area (Å²) in [6.45, 7) is 6.48. The average molecular weight is 373 g/mol. The zero-order chi connectivity index (χ0) is 18.4. The SMILES string of the molecule is C=Cc1nn(C2CCCCO2)c2c(Cl)cc(-c3c(C)nn(C)c3O)cc12. The Kier molecular flexibility index (Phi) is 4.25. The van der Waals surface area contributed by atoms with E-state index in [0.717, 1.165) is 53.7 Å². The molecule has 4 rings (SSSR count). The van der Waals surface area contributed by atoms with Crippen molar-refractivity contribution in [3.05, 3.63) is 35.1 Å². The van der Waals surface area contributed by atoms with Gasteiger partial charge in [0.1, 0.15) is 0 Å². The number of fused-ring (bicyclic) bond motifs is 1. The molecule has 1 atom stereocenters. The van der Waals surface area contributed by atoms with Crippen LogP contribution in [0.2, 0.25) is 5.02 Å². The molecule has 1 saturated heterocycles. The van der Waals surface area contributed by atoms with Crippen LogP contribution in [-0.2, 0) is 11.8 Å². The van der Waals surface area contributed by atoms with Crippen molar-refractivity contribution in [2.24, 2.45) is 7.05 Å². The van der Waals surface area contributed by atoms with Gasteiger partial charge in [0.2, 0.25) is 5.88 Å². The minimum absolute atomic E-state index is 0.112. The molecule has 0 aliphatic carbocycles. The highest BCUT2D eigenvalue weighted by Crippen LogP contribution is 2.39. The summed E-state index contributed by atoms with van der Waals surface area (Å²) in [5.41, 5.74) is 3.80. The van der Waals surface area contributed by atoms with Gasteiger partial charge in [0.15, 0.2) is 6.23 Å². The summed E-state index contributed by atoms with van der Waals surface area (Å²) in [6.07, 6.45) is 4.69. The van der Waals surface area contributed by atoms with Crippen molar-refractivity contribution in [2.45, 2.75) is 32.4 Å². The van der Waals surface area contributed by atoms with Crippen LogP contribution >= 0.6 is 11.6 Å². The van der Waals surface area contributed by atoms with Crippen LogP contribution in [0, 0.1) is 6.92 Å². The molecule has 0 saturated carbocycles. The zero-order valence-electron chi connectivity index (χ0n) is 14.9. The highest BCUT2D eigenvalue weighted by molar-refractivity contribution is 6.35. The quantitative estimate of drug-likeness (QED) is 0.737.